The van der Waals surface area contributed by atoms with Crippen molar-refractivity contribution in [3.8, 4) is 11.5 Å². The fourth-order valence-electron chi connectivity index (χ4n) is 5.38. The van der Waals surface area contributed by atoms with Gasteiger partial charge in [0.15, 0.2) is 0 Å². The first-order chi connectivity index (χ1) is 16.2. The number of benzene rings is 2. The lowest BCUT2D eigenvalue weighted by atomic mass is 9.64. The van der Waals surface area contributed by atoms with E-state index in [1.54, 1.807) is 24.3 Å². The third-order valence-corrected chi connectivity index (χ3v) is 9.25. The molecule has 2 aromatic carbocycles. The summed E-state index contributed by atoms with van der Waals surface area (Å²) in [7, 11) is -0.489. The molecule has 2 aliphatic carbocycles. The van der Waals surface area contributed by atoms with E-state index in [1.807, 2.05) is 0 Å². The lowest BCUT2D eigenvalue weighted by Gasteiger charge is -2.38. The van der Waals surface area contributed by atoms with Gasteiger partial charge in [-0.05, 0) is 50.4 Å². The number of hydrogen-bond acceptors (Lipinski definition) is 6. The quantitative estimate of drug-likeness (QED) is 0.635. The topological polar surface area (TPSA) is 84.9 Å². The van der Waals surface area contributed by atoms with E-state index in [0.717, 1.165) is 56.3 Å². The summed E-state index contributed by atoms with van der Waals surface area (Å²) in [6.45, 7) is 1.85. The van der Waals surface area contributed by atoms with Crippen molar-refractivity contribution in [2.75, 3.05) is 32.0 Å². The van der Waals surface area contributed by atoms with Crippen molar-refractivity contribution in [2.24, 2.45) is 0 Å². The van der Waals surface area contributed by atoms with Crippen LogP contribution in [0.2, 0.25) is 5.02 Å². The second-order valence-corrected chi connectivity index (χ2v) is 11.5. The van der Waals surface area contributed by atoms with Gasteiger partial charge in [0, 0.05) is 31.1 Å². The number of carbonyl (C=O) groups excluding carboxylic acids is 1. The fourth-order valence-corrected chi connectivity index (χ4v) is 7.06. The zero-order chi connectivity index (χ0) is 24.1. The predicted octanol–water partition coefficient (Wildman–Crippen LogP) is 4.17. The number of ether oxygens (including phenoxy) is 2. The van der Waals surface area contributed by atoms with E-state index >= 15 is 0 Å². The number of para-hydroxylation sites is 1. The summed E-state index contributed by atoms with van der Waals surface area (Å²) in [6.07, 6.45) is 4.43. The van der Waals surface area contributed by atoms with Gasteiger partial charge < -0.3 is 14.4 Å². The number of ketones is 1. The summed E-state index contributed by atoms with van der Waals surface area (Å²) in [5, 5.41) is 0.287. The number of likely N-dealkylation sites (tertiary alicyclic amines) is 1. The molecule has 1 saturated carbocycles. The Morgan fingerprint density at radius 2 is 1.85 bits per heavy atom. The third kappa shape index (κ3) is 3.85. The van der Waals surface area contributed by atoms with Crippen molar-refractivity contribution < 1.29 is 22.7 Å². The lowest BCUT2D eigenvalue weighted by Crippen LogP contribution is -2.39. The molecule has 1 saturated heterocycles. The molecule has 2 fully saturated rings. The minimum absolute atomic E-state index is 0.00759. The molecule has 0 amide bonds. The molecule has 1 aliphatic heterocycles. The summed E-state index contributed by atoms with van der Waals surface area (Å²) in [4.78, 5) is 15.4. The number of nitrogens with zero attached hydrogens (tertiary/aromatic N) is 1. The molecule has 0 radical (unpaired) electrons. The number of sulfonamides is 1. The van der Waals surface area contributed by atoms with Crippen LogP contribution in [0.5, 0.6) is 11.5 Å². The molecule has 0 atom stereocenters. The summed E-state index contributed by atoms with van der Waals surface area (Å²) < 4.78 is 41.0. The maximum absolute atomic E-state index is 13.3. The third-order valence-electron chi connectivity index (χ3n) is 7.45. The van der Waals surface area contributed by atoms with Gasteiger partial charge in [-0.1, -0.05) is 30.2 Å². The Kier molecular flexibility index (Phi) is 6.02. The summed E-state index contributed by atoms with van der Waals surface area (Å²) in [5.74, 6) is 0.943. The van der Waals surface area contributed by atoms with Gasteiger partial charge >= 0.3 is 0 Å². The van der Waals surface area contributed by atoms with Crippen molar-refractivity contribution >= 4 is 33.1 Å². The molecule has 1 N–H and O–H groups in total. The Morgan fingerprint density at radius 3 is 2.50 bits per heavy atom. The Morgan fingerprint density at radius 1 is 1.15 bits per heavy atom. The minimum Gasteiger partial charge on any atom is -0.495 e. The van der Waals surface area contributed by atoms with Gasteiger partial charge in [-0.15, -0.1) is 0 Å². The van der Waals surface area contributed by atoms with E-state index in [9.17, 15) is 13.2 Å². The van der Waals surface area contributed by atoms with E-state index in [0.29, 0.717) is 5.75 Å². The van der Waals surface area contributed by atoms with Crippen LogP contribution >= 0.6 is 11.6 Å². The molecule has 0 aromatic heterocycles. The van der Waals surface area contributed by atoms with Crippen molar-refractivity contribution in [3.05, 3.63) is 46.5 Å². The number of rotatable bonds is 6. The second kappa shape index (κ2) is 8.73. The van der Waals surface area contributed by atoms with Crippen LogP contribution in [-0.4, -0.2) is 52.5 Å². The number of fused-ring (bicyclic) bond motifs is 2. The number of hydrogen-bond donors (Lipinski definition) is 1. The summed E-state index contributed by atoms with van der Waals surface area (Å²) in [5.41, 5.74) is 1.17. The summed E-state index contributed by atoms with van der Waals surface area (Å²) in [6, 6.07) is 8.07. The highest BCUT2D eigenvalue weighted by molar-refractivity contribution is 7.92. The van der Waals surface area contributed by atoms with E-state index in [4.69, 9.17) is 21.1 Å². The monoisotopic (exact) mass is 504 g/mol. The Bertz CT molecular complexity index is 1230. The van der Waals surface area contributed by atoms with Crippen LogP contribution in [0.4, 0.5) is 5.69 Å². The first-order valence-electron chi connectivity index (χ1n) is 11.7. The van der Waals surface area contributed by atoms with E-state index < -0.39 is 15.4 Å². The molecule has 7 nitrogen and oxygen atoms in total. The molecule has 2 aromatic rings. The normalized spacial score (nSPS) is 20.1. The molecule has 34 heavy (non-hydrogen) atoms. The molecule has 182 valence electrons. The first kappa shape index (κ1) is 23.5. The molecule has 3 aliphatic rings. The molecule has 0 unspecified atom stereocenters. The Balaban J connectivity index is 1.57. The molecule has 0 bridgehead atoms. The largest absolute Gasteiger partial charge is 0.495 e. The molecule has 9 heteroatoms. The van der Waals surface area contributed by atoms with Crippen LogP contribution in [0.25, 0.3) is 0 Å². The highest BCUT2D eigenvalue weighted by Gasteiger charge is 2.53. The number of Topliss-reactive ketones (excluding diaryl/α,β-unsaturated/α-hetero) is 1. The van der Waals surface area contributed by atoms with Crippen molar-refractivity contribution in [3.63, 3.8) is 0 Å². The lowest BCUT2D eigenvalue weighted by molar-refractivity contribution is -0.125. The molecule has 1 heterocycles. The number of methoxy groups -OCH3 is 1. The van der Waals surface area contributed by atoms with Gasteiger partial charge in [-0.2, -0.15) is 0 Å². The van der Waals surface area contributed by atoms with Crippen LogP contribution in [-0.2, 0) is 26.7 Å². The summed E-state index contributed by atoms with van der Waals surface area (Å²) >= 11 is 6.84. The standard InChI is InChI=1S/C25H29ClN2O5S/c1-28-12-8-16(9-13-28)33-20-15-18(27-34(30,31)21-7-4-3-6-19(21)32-2)24(26)23-17(20)14-22(29)25(23)10-5-11-25/h3-4,6-7,15-16,27H,5,8-14H2,1-2H3. The number of carbonyl (C=O) groups is 1. The zero-order valence-electron chi connectivity index (χ0n) is 19.4. The van der Waals surface area contributed by atoms with Gasteiger partial charge in [0.25, 0.3) is 10.0 Å². The van der Waals surface area contributed by atoms with Gasteiger partial charge in [-0.3, -0.25) is 9.52 Å². The van der Waals surface area contributed by atoms with Gasteiger partial charge in [0.05, 0.1) is 23.2 Å². The van der Waals surface area contributed by atoms with E-state index in [1.165, 1.54) is 13.2 Å². The fraction of sp³-hybridized carbons (Fsp3) is 0.480. The number of anilines is 1. The predicted molar refractivity (Wildman–Crippen MR) is 131 cm³/mol. The highest BCUT2D eigenvalue weighted by atomic mass is 35.5. The average Bonchev–Trinajstić information content (AvgIpc) is 3.12. The molecule has 1 spiro atoms. The van der Waals surface area contributed by atoms with Gasteiger partial charge in [0.1, 0.15) is 28.3 Å². The molecular formula is C25H29ClN2O5S. The van der Waals surface area contributed by atoms with Gasteiger partial charge in [0.2, 0.25) is 0 Å². The Hall–Kier alpha value is -2.29. The number of halogens is 1. The Labute approximate surface area is 205 Å². The van der Waals surface area contributed by atoms with Crippen molar-refractivity contribution in [1.29, 1.82) is 0 Å². The average molecular weight is 505 g/mol. The van der Waals surface area contributed by atoms with E-state index in [2.05, 4.69) is 16.7 Å². The van der Waals surface area contributed by atoms with Crippen LogP contribution in [0.3, 0.4) is 0 Å². The van der Waals surface area contributed by atoms with Crippen molar-refractivity contribution in [2.45, 2.75) is 54.9 Å². The second-order valence-electron chi connectivity index (χ2n) is 9.50. The van der Waals surface area contributed by atoms with E-state index in [-0.39, 0.29) is 39.7 Å². The molecule has 5 rings (SSSR count). The maximum Gasteiger partial charge on any atom is 0.265 e. The van der Waals surface area contributed by atoms with Crippen LogP contribution in [0.1, 0.15) is 43.2 Å². The van der Waals surface area contributed by atoms with Crippen molar-refractivity contribution in [1.82, 2.24) is 4.90 Å². The SMILES string of the molecule is COc1ccccc1S(=O)(=O)Nc1cc(OC2CCN(C)CC2)c2c(c1Cl)C1(CCC1)C(=O)C2. The van der Waals surface area contributed by atoms with Gasteiger partial charge in [-0.25, -0.2) is 8.42 Å². The minimum atomic E-state index is -4.00. The zero-order valence-corrected chi connectivity index (χ0v) is 21.0. The smallest absolute Gasteiger partial charge is 0.265 e. The van der Waals surface area contributed by atoms with Crippen LogP contribution in [0, 0.1) is 0 Å². The maximum atomic E-state index is 13.3. The molecular weight excluding hydrogens is 476 g/mol. The van der Waals surface area contributed by atoms with Crippen LogP contribution in [0.15, 0.2) is 35.2 Å². The van der Waals surface area contributed by atoms with Crippen LogP contribution < -0.4 is 14.2 Å². The number of nitrogens with one attached hydrogen (secondary N) is 1. The highest BCUT2D eigenvalue weighted by Crippen LogP contribution is 2.56. The number of piperidine rings is 1. The first-order valence-corrected chi connectivity index (χ1v) is 13.5.